The highest BCUT2D eigenvalue weighted by Crippen LogP contribution is 2.42. The first-order valence-electron chi connectivity index (χ1n) is 15.9. The second-order valence-electron chi connectivity index (χ2n) is 11.7. The SMILES string of the molecule is [C-]#[N+]c1cccc(C#N)c1-c1ccc2c(c1)c1cccc(-c3c(C#N)cccc3C#N)c1n2-c1nc(-c2ccccc2)nc(-c2ccccc2)n1. The van der Waals surface area contributed by atoms with E-state index in [9.17, 15) is 15.8 Å². The molecular weight excluding hydrogens is 629 g/mol. The van der Waals surface area contributed by atoms with E-state index in [2.05, 4.69) is 23.1 Å². The molecule has 0 aliphatic carbocycles. The van der Waals surface area contributed by atoms with Gasteiger partial charge in [0.25, 0.3) is 0 Å². The highest BCUT2D eigenvalue weighted by Gasteiger charge is 2.24. The van der Waals surface area contributed by atoms with Gasteiger partial charge in [-0.3, -0.25) is 4.57 Å². The predicted molar refractivity (Wildman–Crippen MR) is 196 cm³/mol. The summed E-state index contributed by atoms with van der Waals surface area (Å²) in [7, 11) is 0. The van der Waals surface area contributed by atoms with Crippen LogP contribution in [0.25, 0.3) is 77.6 Å². The Morgan fingerprint density at radius 2 is 1.10 bits per heavy atom. The maximum atomic E-state index is 10.2. The largest absolute Gasteiger partial charge is 0.277 e. The van der Waals surface area contributed by atoms with Crippen LogP contribution in [0.15, 0.2) is 133 Å². The highest BCUT2D eigenvalue weighted by molar-refractivity contribution is 6.15. The fourth-order valence-corrected chi connectivity index (χ4v) is 6.59. The molecule has 0 atom stereocenters. The summed E-state index contributed by atoms with van der Waals surface area (Å²) < 4.78 is 1.95. The van der Waals surface area contributed by atoms with Crippen molar-refractivity contribution in [3.8, 4) is 69.2 Å². The average molecular weight is 651 g/mol. The van der Waals surface area contributed by atoms with E-state index in [-0.39, 0.29) is 0 Å². The van der Waals surface area contributed by atoms with Gasteiger partial charge in [0.05, 0.1) is 46.9 Å². The van der Waals surface area contributed by atoms with E-state index >= 15 is 0 Å². The molecule has 234 valence electrons. The summed E-state index contributed by atoms with van der Waals surface area (Å²) in [6.07, 6.45) is 0. The first-order chi connectivity index (χ1) is 25.1. The molecule has 8 nitrogen and oxygen atoms in total. The fourth-order valence-electron chi connectivity index (χ4n) is 6.59. The van der Waals surface area contributed by atoms with Gasteiger partial charge < -0.3 is 0 Å². The van der Waals surface area contributed by atoms with E-state index < -0.39 is 0 Å². The van der Waals surface area contributed by atoms with Gasteiger partial charge in [0.2, 0.25) is 5.95 Å². The summed E-state index contributed by atoms with van der Waals surface area (Å²) in [6.45, 7) is 7.83. The topological polar surface area (TPSA) is 119 Å². The highest BCUT2D eigenvalue weighted by atomic mass is 15.2. The Bertz CT molecular complexity index is 2720. The van der Waals surface area contributed by atoms with Gasteiger partial charge in [-0.15, -0.1) is 0 Å². The van der Waals surface area contributed by atoms with Gasteiger partial charge in [-0.25, -0.2) is 9.83 Å². The van der Waals surface area contributed by atoms with Crippen LogP contribution in [0.3, 0.4) is 0 Å². The van der Waals surface area contributed by atoms with E-state index in [0.29, 0.717) is 67.7 Å². The lowest BCUT2D eigenvalue weighted by molar-refractivity contribution is 0.954. The third-order valence-electron chi connectivity index (χ3n) is 8.82. The average Bonchev–Trinajstić information content (AvgIpc) is 3.54. The quantitative estimate of drug-likeness (QED) is 0.171. The lowest BCUT2D eigenvalue weighted by Gasteiger charge is -2.14. The van der Waals surface area contributed by atoms with Crippen LogP contribution in [0.2, 0.25) is 0 Å². The maximum absolute atomic E-state index is 10.2. The monoisotopic (exact) mass is 650 g/mol. The van der Waals surface area contributed by atoms with Gasteiger partial charge in [0.15, 0.2) is 17.3 Å². The van der Waals surface area contributed by atoms with Crippen molar-refractivity contribution in [3.05, 3.63) is 162 Å². The van der Waals surface area contributed by atoms with Crippen molar-refractivity contribution in [3.63, 3.8) is 0 Å². The number of nitriles is 3. The zero-order valence-corrected chi connectivity index (χ0v) is 26.8. The van der Waals surface area contributed by atoms with Crippen molar-refractivity contribution in [2.45, 2.75) is 0 Å². The lowest BCUT2D eigenvalue weighted by atomic mass is 9.93. The van der Waals surface area contributed by atoms with Gasteiger partial charge in [-0.2, -0.15) is 25.8 Å². The molecule has 6 aromatic carbocycles. The van der Waals surface area contributed by atoms with Gasteiger partial charge >= 0.3 is 0 Å². The number of hydrogen-bond acceptors (Lipinski definition) is 6. The van der Waals surface area contributed by atoms with Crippen molar-refractivity contribution in [1.29, 1.82) is 15.8 Å². The van der Waals surface area contributed by atoms with Crippen LogP contribution < -0.4 is 0 Å². The van der Waals surface area contributed by atoms with Crippen molar-refractivity contribution < 1.29 is 0 Å². The molecule has 8 rings (SSSR count). The number of hydrogen-bond donors (Lipinski definition) is 0. The minimum Gasteiger partial charge on any atom is -0.277 e. The third-order valence-corrected chi connectivity index (χ3v) is 8.82. The molecule has 0 unspecified atom stereocenters. The molecule has 0 aliphatic rings. The zero-order valence-electron chi connectivity index (χ0n) is 26.8. The molecular formula is C43H22N8. The van der Waals surface area contributed by atoms with Gasteiger partial charge in [0.1, 0.15) is 0 Å². The zero-order chi connectivity index (χ0) is 34.9. The van der Waals surface area contributed by atoms with Crippen LogP contribution in [0.1, 0.15) is 16.7 Å². The molecule has 0 saturated heterocycles. The number of nitrogens with zero attached hydrogens (tertiary/aromatic N) is 8. The van der Waals surface area contributed by atoms with Gasteiger partial charge in [-0.1, -0.05) is 103 Å². The number of rotatable bonds is 5. The Balaban J connectivity index is 1.53. The van der Waals surface area contributed by atoms with Crippen LogP contribution in [-0.4, -0.2) is 19.5 Å². The van der Waals surface area contributed by atoms with Crippen molar-refractivity contribution in [2.75, 3.05) is 0 Å². The minimum atomic E-state index is 0.343. The van der Waals surface area contributed by atoms with Crippen LogP contribution in [0.5, 0.6) is 0 Å². The van der Waals surface area contributed by atoms with E-state index in [4.69, 9.17) is 21.5 Å². The summed E-state index contributed by atoms with van der Waals surface area (Å²) in [5.41, 5.74) is 6.94. The third kappa shape index (κ3) is 5.11. The second kappa shape index (κ2) is 12.6. The molecule has 0 bridgehead atoms. The Hall–Kier alpha value is -7.91. The molecule has 2 aromatic heterocycles. The Labute approximate surface area is 292 Å². The molecule has 51 heavy (non-hydrogen) atoms. The van der Waals surface area contributed by atoms with Crippen molar-refractivity contribution in [2.24, 2.45) is 0 Å². The summed E-state index contributed by atoms with van der Waals surface area (Å²) in [6, 6.07) is 48.0. The van der Waals surface area contributed by atoms with Gasteiger partial charge in [0, 0.05) is 44.2 Å². The molecule has 0 saturated carbocycles. The van der Waals surface area contributed by atoms with Gasteiger partial charge in [-0.05, 0) is 35.9 Å². The molecule has 8 aromatic rings. The van der Waals surface area contributed by atoms with Crippen molar-refractivity contribution >= 4 is 27.5 Å². The number of aromatic nitrogens is 4. The number of para-hydroxylation sites is 1. The summed E-state index contributed by atoms with van der Waals surface area (Å²) >= 11 is 0. The smallest absolute Gasteiger partial charge is 0.238 e. The molecule has 0 fully saturated rings. The second-order valence-corrected chi connectivity index (χ2v) is 11.7. The molecule has 8 heteroatoms. The summed E-state index contributed by atoms with van der Waals surface area (Å²) in [5, 5.41) is 32.1. The first kappa shape index (κ1) is 30.4. The lowest BCUT2D eigenvalue weighted by Crippen LogP contribution is -2.07. The van der Waals surface area contributed by atoms with Crippen LogP contribution in [0, 0.1) is 40.6 Å². The molecule has 0 aliphatic heterocycles. The van der Waals surface area contributed by atoms with Crippen LogP contribution in [-0.2, 0) is 0 Å². The molecule has 0 amide bonds. The maximum Gasteiger partial charge on any atom is 0.238 e. The summed E-state index contributed by atoms with van der Waals surface area (Å²) in [4.78, 5) is 18.7. The number of benzene rings is 6. The van der Waals surface area contributed by atoms with E-state index in [1.165, 1.54) is 0 Å². The first-order valence-corrected chi connectivity index (χ1v) is 15.9. The minimum absolute atomic E-state index is 0.343. The van der Waals surface area contributed by atoms with E-state index in [0.717, 1.165) is 27.4 Å². The Morgan fingerprint density at radius 3 is 1.69 bits per heavy atom. The molecule has 2 heterocycles. The summed E-state index contributed by atoms with van der Waals surface area (Å²) in [5.74, 6) is 1.29. The van der Waals surface area contributed by atoms with E-state index in [1.54, 1.807) is 36.4 Å². The number of fused-ring (bicyclic) bond motifs is 3. The Morgan fingerprint density at radius 1 is 0.529 bits per heavy atom. The van der Waals surface area contributed by atoms with Crippen LogP contribution in [0.4, 0.5) is 5.69 Å². The molecule has 0 N–H and O–H groups in total. The molecule has 0 spiro atoms. The fraction of sp³-hybridized carbons (Fsp3) is 0. The Kier molecular flexibility index (Phi) is 7.52. The predicted octanol–water partition coefficient (Wildman–Crippen LogP) is 9.80. The van der Waals surface area contributed by atoms with Crippen molar-refractivity contribution in [1.82, 2.24) is 19.5 Å². The standard InChI is InChI=1S/C43H22N8/c1-47-36-20-9-17-32(26-46)39(36)29-21-22-37-35(23-29)33-18-10-19-34(38-30(24-44)15-8-16-31(38)25-45)40(33)51(37)43-49-41(27-11-4-2-5-12-27)48-42(50-43)28-13-6-3-7-14-28/h2-23H. The van der Waals surface area contributed by atoms with E-state index in [1.807, 2.05) is 102 Å². The molecule has 0 radical (unpaired) electrons. The normalized spacial score (nSPS) is 10.7. The van der Waals surface area contributed by atoms with Crippen LogP contribution >= 0.6 is 0 Å².